The number of benzene rings is 1. The summed E-state index contributed by atoms with van der Waals surface area (Å²) < 4.78 is 5.38. The van der Waals surface area contributed by atoms with Gasteiger partial charge >= 0.3 is 0 Å². The molecule has 1 aromatic rings. The molecule has 0 spiro atoms. The van der Waals surface area contributed by atoms with Crippen LogP contribution in [-0.2, 0) is 15.1 Å². The third kappa shape index (κ3) is 3.55. The van der Waals surface area contributed by atoms with Crippen molar-refractivity contribution in [3.05, 3.63) is 35.9 Å². The van der Waals surface area contributed by atoms with E-state index < -0.39 is 5.60 Å². The minimum atomic E-state index is -1.05. The molecule has 1 aliphatic rings. The second-order valence-corrected chi connectivity index (χ2v) is 5.19. The highest BCUT2D eigenvalue weighted by atomic mass is 16.5. The zero-order valence-corrected chi connectivity index (χ0v) is 11.4. The maximum absolute atomic E-state index is 11.9. The van der Waals surface area contributed by atoms with E-state index in [9.17, 15) is 9.90 Å². The highest BCUT2D eigenvalue weighted by Gasteiger charge is 2.44. The molecule has 19 heavy (non-hydrogen) atoms. The predicted octanol–water partition coefficient (Wildman–Crippen LogP) is 1.44. The summed E-state index contributed by atoms with van der Waals surface area (Å²) in [6.45, 7) is 4.48. The Bertz CT molecular complexity index is 430. The summed E-state index contributed by atoms with van der Waals surface area (Å²) in [7, 11) is 0. The van der Waals surface area contributed by atoms with Crippen LogP contribution in [0.15, 0.2) is 30.3 Å². The molecule has 4 heteroatoms. The van der Waals surface area contributed by atoms with Crippen LogP contribution < -0.4 is 5.32 Å². The molecule has 0 aromatic heterocycles. The minimum absolute atomic E-state index is 0.0327. The van der Waals surface area contributed by atoms with E-state index in [-0.39, 0.29) is 24.5 Å². The van der Waals surface area contributed by atoms with Crippen molar-refractivity contribution in [2.75, 3.05) is 13.2 Å². The topological polar surface area (TPSA) is 58.6 Å². The SMILES string of the molecule is CCOC1CC1C(=O)NCC(C)(O)c1ccccc1. The molecule has 3 atom stereocenters. The van der Waals surface area contributed by atoms with Crippen LogP contribution in [0.2, 0.25) is 0 Å². The largest absolute Gasteiger partial charge is 0.384 e. The van der Waals surface area contributed by atoms with Gasteiger partial charge in [0.1, 0.15) is 5.60 Å². The van der Waals surface area contributed by atoms with Crippen LogP contribution in [0.25, 0.3) is 0 Å². The van der Waals surface area contributed by atoms with Gasteiger partial charge in [0.05, 0.1) is 18.6 Å². The predicted molar refractivity (Wildman–Crippen MR) is 72.5 cm³/mol. The van der Waals surface area contributed by atoms with Gasteiger partial charge in [0.2, 0.25) is 5.91 Å². The van der Waals surface area contributed by atoms with Gasteiger partial charge in [-0.15, -0.1) is 0 Å². The fourth-order valence-corrected chi connectivity index (χ4v) is 2.14. The van der Waals surface area contributed by atoms with Crippen LogP contribution >= 0.6 is 0 Å². The lowest BCUT2D eigenvalue weighted by Gasteiger charge is -2.24. The van der Waals surface area contributed by atoms with E-state index in [4.69, 9.17) is 4.74 Å². The summed E-state index contributed by atoms with van der Waals surface area (Å²) in [5.74, 6) is -0.0822. The molecule has 4 nitrogen and oxygen atoms in total. The molecule has 1 aliphatic carbocycles. The second kappa shape index (κ2) is 5.72. The summed E-state index contributed by atoms with van der Waals surface area (Å²) in [4.78, 5) is 11.9. The van der Waals surface area contributed by atoms with Crippen LogP contribution in [-0.4, -0.2) is 30.3 Å². The molecule has 104 valence electrons. The number of nitrogens with one attached hydrogen (secondary N) is 1. The number of carbonyl (C=O) groups is 1. The summed E-state index contributed by atoms with van der Waals surface area (Å²) in [5.41, 5.74) is -0.250. The summed E-state index contributed by atoms with van der Waals surface area (Å²) in [6, 6.07) is 9.35. The Hall–Kier alpha value is -1.39. The summed E-state index contributed by atoms with van der Waals surface area (Å²) in [6.07, 6.45) is 0.847. The average molecular weight is 263 g/mol. The van der Waals surface area contributed by atoms with E-state index in [0.717, 1.165) is 12.0 Å². The molecule has 0 radical (unpaired) electrons. The van der Waals surface area contributed by atoms with E-state index >= 15 is 0 Å². The van der Waals surface area contributed by atoms with Gasteiger partial charge in [0.25, 0.3) is 0 Å². The van der Waals surface area contributed by atoms with Crippen molar-refractivity contribution in [2.45, 2.75) is 32.0 Å². The molecule has 1 fully saturated rings. The van der Waals surface area contributed by atoms with Crippen molar-refractivity contribution in [3.63, 3.8) is 0 Å². The molecular weight excluding hydrogens is 242 g/mol. The average Bonchev–Trinajstić information content (AvgIpc) is 3.17. The highest BCUT2D eigenvalue weighted by molar-refractivity contribution is 5.82. The van der Waals surface area contributed by atoms with Gasteiger partial charge in [-0.3, -0.25) is 4.79 Å². The van der Waals surface area contributed by atoms with E-state index in [2.05, 4.69) is 5.32 Å². The van der Waals surface area contributed by atoms with Crippen LogP contribution in [0.1, 0.15) is 25.8 Å². The van der Waals surface area contributed by atoms with Crippen molar-refractivity contribution >= 4 is 5.91 Å². The number of amides is 1. The maximum Gasteiger partial charge on any atom is 0.225 e. The fraction of sp³-hybridized carbons (Fsp3) is 0.533. The normalized spacial score (nSPS) is 24.6. The first-order valence-corrected chi connectivity index (χ1v) is 6.72. The number of aliphatic hydroxyl groups is 1. The second-order valence-electron chi connectivity index (χ2n) is 5.19. The number of hydrogen-bond acceptors (Lipinski definition) is 3. The number of ether oxygens (including phenoxy) is 1. The molecule has 0 bridgehead atoms. The molecular formula is C15H21NO3. The first kappa shape index (κ1) is 14.0. The monoisotopic (exact) mass is 263 g/mol. The quantitative estimate of drug-likeness (QED) is 0.816. The first-order valence-electron chi connectivity index (χ1n) is 6.72. The van der Waals surface area contributed by atoms with Crippen molar-refractivity contribution in [1.29, 1.82) is 0 Å². The molecule has 1 aromatic carbocycles. The van der Waals surface area contributed by atoms with Crippen LogP contribution in [0, 0.1) is 5.92 Å². The Labute approximate surface area is 113 Å². The molecule has 0 heterocycles. The van der Waals surface area contributed by atoms with Crippen molar-refractivity contribution in [3.8, 4) is 0 Å². The summed E-state index contributed by atoms with van der Waals surface area (Å²) >= 11 is 0. The molecule has 1 saturated carbocycles. The zero-order valence-electron chi connectivity index (χ0n) is 11.4. The van der Waals surface area contributed by atoms with Gasteiger partial charge < -0.3 is 15.2 Å². The van der Waals surface area contributed by atoms with Gasteiger partial charge in [-0.05, 0) is 25.8 Å². The molecule has 1 amide bonds. The Morgan fingerprint density at radius 3 is 2.79 bits per heavy atom. The molecule has 3 unspecified atom stereocenters. The lowest BCUT2D eigenvalue weighted by molar-refractivity contribution is -0.124. The Kier molecular flexibility index (Phi) is 4.22. The lowest BCUT2D eigenvalue weighted by atomic mass is 9.96. The zero-order chi connectivity index (χ0) is 13.9. The lowest BCUT2D eigenvalue weighted by Crippen LogP contribution is -2.39. The number of carbonyl (C=O) groups excluding carboxylic acids is 1. The molecule has 2 rings (SSSR count). The summed E-state index contributed by atoms with van der Waals surface area (Å²) in [5, 5.41) is 13.2. The van der Waals surface area contributed by atoms with Crippen LogP contribution in [0.4, 0.5) is 0 Å². The Morgan fingerprint density at radius 2 is 2.16 bits per heavy atom. The highest BCUT2D eigenvalue weighted by Crippen LogP contribution is 2.33. The van der Waals surface area contributed by atoms with E-state index in [0.29, 0.717) is 6.61 Å². The van der Waals surface area contributed by atoms with Gasteiger partial charge in [0, 0.05) is 6.61 Å². The standard InChI is InChI=1S/C15H21NO3/c1-3-19-13-9-12(13)14(17)16-10-15(2,18)11-7-5-4-6-8-11/h4-8,12-13,18H,3,9-10H2,1-2H3,(H,16,17). The van der Waals surface area contributed by atoms with Crippen molar-refractivity contribution in [1.82, 2.24) is 5.32 Å². The van der Waals surface area contributed by atoms with Crippen molar-refractivity contribution < 1.29 is 14.6 Å². The van der Waals surface area contributed by atoms with Crippen LogP contribution in [0.5, 0.6) is 0 Å². The Balaban J connectivity index is 1.84. The number of rotatable bonds is 6. The maximum atomic E-state index is 11.9. The Morgan fingerprint density at radius 1 is 1.47 bits per heavy atom. The smallest absolute Gasteiger partial charge is 0.225 e. The fourth-order valence-electron chi connectivity index (χ4n) is 2.14. The number of hydrogen-bond donors (Lipinski definition) is 2. The van der Waals surface area contributed by atoms with Crippen LogP contribution in [0.3, 0.4) is 0 Å². The van der Waals surface area contributed by atoms with Gasteiger partial charge in [-0.1, -0.05) is 30.3 Å². The van der Waals surface area contributed by atoms with Crippen molar-refractivity contribution in [2.24, 2.45) is 5.92 Å². The molecule has 0 aliphatic heterocycles. The van der Waals surface area contributed by atoms with E-state index in [1.807, 2.05) is 37.3 Å². The van der Waals surface area contributed by atoms with Gasteiger partial charge in [-0.2, -0.15) is 0 Å². The van der Waals surface area contributed by atoms with E-state index in [1.54, 1.807) is 6.92 Å². The third-order valence-corrected chi connectivity index (χ3v) is 3.45. The molecule has 0 saturated heterocycles. The molecule has 2 N–H and O–H groups in total. The first-order chi connectivity index (χ1) is 9.04. The van der Waals surface area contributed by atoms with Gasteiger partial charge in [0.15, 0.2) is 0 Å². The minimum Gasteiger partial charge on any atom is -0.384 e. The third-order valence-electron chi connectivity index (χ3n) is 3.45. The van der Waals surface area contributed by atoms with Gasteiger partial charge in [-0.25, -0.2) is 0 Å². The van der Waals surface area contributed by atoms with E-state index in [1.165, 1.54) is 0 Å².